The summed E-state index contributed by atoms with van der Waals surface area (Å²) in [7, 11) is 0. The SMILES string of the molecule is CC(NSCCCCCN1CC(=O)NC1=O)c1cccc(OCC2CC2)c1. The first-order chi connectivity index (χ1) is 13.1. The first kappa shape index (κ1) is 20.0. The highest BCUT2D eigenvalue weighted by Gasteiger charge is 2.25. The van der Waals surface area contributed by atoms with Crippen LogP contribution in [0.25, 0.3) is 0 Å². The van der Waals surface area contributed by atoms with Crippen LogP contribution in [0.2, 0.25) is 0 Å². The molecule has 1 unspecified atom stereocenters. The van der Waals surface area contributed by atoms with Crippen LogP contribution in [0.15, 0.2) is 24.3 Å². The number of rotatable bonds is 12. The van der Waals surface area contributed by atoms with E-state index >= 15 is 0 Å². The lowest BCUT2D eigenvalue weighted by molar-refractivity contribution is -0.118. The fourth-order valence-corrected chi connectivity index (χ4v) is 3.79. The molecular formula is C20H29N3O3S. The van der Waals surface area contributed by atoms with Crippen LogP contribution in [0.1, 0.15) is 50.6 Å². The van der Waals surface area contributed by atoms with Crippen LogP contribution in [-0.2, 0) is 4.79 Å². The zero-order valence-electron chi connectivity index (χ0n) is 15.9. The molecule has 0 aromatic heterocycles. The largest absolute Gasteiger partial charge is 0.493 e. The molecule has 2 N–H and O–H groups in total. The quantitative estimate of drug-likeness (QED) is 0.324. The number of carbonyl (C=O) groups is 2. The van der Waals surface area contributed by atoms with Gasteiger partial charge in [0.05, 0.1) is 6.61 Å². The van der Waals surface area contributed by atoms with Crippen LogP contribution >= 0.6 is 11.9 Å². The summed E-state index contributed by atoms with van der Waals surface area (Å²) in [4.78, 5) is 24.1. The predicted octanol–water partition coefficient (Wildman–Crippen LogP) is 3.50. The lowest BCUT2D eigenvalue weighted by Gasteiger charge is -2.15. The van der Waals surface area contributed by atoms with E-state index in [1.165, 1.54) is 18.4 Å². The van der Waals surface area contributed by atoms with E-state index in [0.29, 0.717) is 6.54 Å². The number of ether oxygens (including phenoxy) is 1. The standard InChI is InChI=1S/C20H29N3O3S/c1-15(17-6-5-7-18(12-17)26-14-16-8-9-16)22-27-11-4-2-3-10-23-13-19(24)21-20(23)25/h5-7,12,15-16,22H,2-4,8-11,13-14H2,1H3,(H,21,24,25). The summed E-state index contributed by atoms with van der Waals surface area (Å²) in [6, 6.07) is 8.35. The number of hydrogen-bond donors (Lipinski definition) is 2. The Balaban J connectivity index is 1.26. The van der Waals surface area contributed by atoms with Gasteiger partial charge in [-0.1, -0.05) is 30.5 Å². The Labute approximate surface area is 165 Å². The summed E-state index contributed by atoms with van der Waals surface area (Å²) in [5, 5.41) is 2.30. The van der Waals surface area contributed by atoms with E-state index in [-0.39, 0.29) is 24.5 Å². The maximum absolute atomic E-state index is 11.4. The van der Waals surface area contributed by atoms with Crippen molar-refractivity contribution in [2.45, 2.75) is 45.1 Å². The van der Waals surface area contributed by atoms with E-state index in [2.05, 4.69) is 35.2 Å². The Morgan fingerprint density at radius 3 is 2.89 bits per heavy atom. The molecule has 1 aromatic carbocycles. The lowest BCUT2D eigenvalue weighted by Crippen LogP contribution is -2.29. The molecule has 148 valence electrons. The van der Waals surface area contributed by atoms with Gasteiger partial charge in [0, 0.05) is 18.3 Å². The van der Waals surface area contributed by atoms with Crippen molar-refractivity contribution in [1.82, 2.24) is 14.9 Å². The van der Waals surface area contributed by atoms with Gasteiger partial charge in [-0.15, -0.1) is 0 Å². The molecule has 1 aliphatic heterocycles. The fraction of sp³-hybridized carbons (Fsp3) is 0.600. The Hall–Kier alpha value is -1.73. The molecule has 2 aliphatic rings. The van der Waals surface area contributed by atoms with Crippen LogP contribution in [0, 0.1) is 5.92 Å². The Kier molecular flexibility index (Phi) is 7.41. The van der Waals surface area contributed by atoms with E-state index in [9.17, 15) is 9.59 Å². The van der Waals surface area contributed by atoms with Gasteiger partial charge < -0.3 is 9.64 Å². The number of urea groups is 1. The zero-order valence-corrected chi connectivity index (χ0v) is 16.7. The minimum Gasteiger partial charge on any atom is -0.493 e. The van der Waals surface area contributed by atoms with Gasteiger partial charge in [-0.05, 0) is 56.2 Å². The zero-order chi connectivity index (χ0) is 19.1. The van der Waals surface area contributed by atoms with Crippen molar-refractivity contribution in [3.8, 4) is 5.75 Å². The minimum absolute atomic E-state index is 0.198. The maximum Gasteiger partial charge on any atom is 0.324 e. The highest BCUT2D eigenvalue weighted by atomic mass is 32.2. The number of unbranched alkanes of at least 4 members (excludes halogenated alkanes) is 2. The van der Waals surface area contributed by atoms with Crippen molar-refractivity contribution < 1.29 is 14.3 Å². The second kappa shape index (κ2) is 9.99. The molecule has 1 aromatic rings. The van der Waals surface area contributed by atoms with Crippen LogP contribution in [0.5, 0.6) is 5.75 Å². The van der Waals surface area contributed by atoms with Gasteiger partial charge in [0.1, 0.15) is 12.3 Å². The molecule has 3 rings (SSSR count). The third-order valence-corrected chi connectivity index (χ3v) is 5.86. The first-order valence-electron chi connectivity index (χ1n) is 9.80. The summed E-state index contributed by atoms with van der Waals surface area (Å²) in [5.41, 5.74) is 1.24. The highest BCUT2D eigenvalue weighted by molar-refractivity contribution is 7.97. The van der Waals surface area contributed by atoms with Crippen molar-refractivity contribution in [3.63, 3.8) is 0 Å². The lowest BCUT2D eigenvalue weighted by atomic mass is 10.1. The topological polar surface area (TPSA) is 70.7 Å². The van der Waals surface area contributed by atoms with Crippen molar-refractivity contribution in [1.29, 1.82) is 0 Å². The summed E-state index contributed by atoms with van der Waals surface area (Å²) in [5.74, 6) is 2.55. The fourth-order valence-electron chi connectivity index (χ4n) is 2.94. The van der Waals surface area contributed by atoms with E-state index in [1.54, 1.807) is 16.8 Å². The van der Waals surface area contributed by atoms with Crippen LogP contribution in [0.4, 0.5) is 4.79 Å². The minimum atomic E-state index is -0.256. The van der Waals surface area contributed by atoms with E-state index in [4.69, 9.17) is 4.74 Å². The number of benzene rings is 1. The molecule has 7 heteroatoms. The van der Waals surface area contributed by atoms with Crippen LogP contribution in [-0.4, -0.2) is 42.3 Å². The monoisotopic (exact) mass is 391 g/mol. The normalized spacial score (nSPS) is 17.9. The van der Waals surface area contributed by atoms with Crippen molar-refractivity contribution >= 4 is 23.9 Å². The van der Waals surface area contributed by atoms with Gasteiger partial charge in [0.25, 0.3) is 0 Å². The molecule has 1 atom stereocenters. The predicted molar refractivity (Wildman–Crippen MR) is 108 cm³/mol. The number of nitrogens with zero attached hydrogens (tertiary/aromatic N) is 1. The second-order valence-electron chi connectivity index (χ2n) is 7.35. The second-order valence-corrected chi connectivity index (χ2v) is 8.28. The number of carbonyl (C=O) groups excluding carboxylic acids is 2. The maximum atomic E-state index is 11.4. The van der Waals surface area contributed by atoms with Gasteiger partial charge >= 0.3 is 6.03 Å². The summed E-state index contributed by atoms with van der Waals surface area (Å²) >= 11 is 1.74. The number of imide groups is 1. The average Bonchev–Trinajstić information content (AvgIpc) is 3.43. The molecule has 6 nitrogen and oxygen atoms in total. The summed E-state index contributed by atoms with van der Waals surface area (Å²) in [6.07, 6.45) is 5.66. The molecule has 1 saturated heterocycles. The van der Waals surface area contributed by atoms with Crippen LogP contribution < -0.4 is 14.8 Å². The number of amides is 3. The molecule has 3 amide bonds. The van der Waals surface area contributed by atoms with E-state index in [0.717, 1.165) is 43.3 Å². The molecule has 2 fully saturated rings. The molecule has 1 aliphatic carbocycles. The molecule has 0 bridgehead atoms. The van der Waals surface area contributed by atoms with Crippen molar-refractivity contribution in [2.75, 3.05) is 25.4 Å². The highest BCUT2D eigenvalue weighted by Crippen LogP contribution is 2.30. The van der Waals surface area contributed by atoms with Gasteiger partial charge in [0.2, 0.25) is 5.91 Å². The van der Waals surface area contributed by atoms with Gasteiger partial charge in [-0.25, -0.2) is 4.79 Å². The Bertz CT molecular complexity index is 651. The molecular weight excluding hydrogens is 362 g/mol. The van der Waals surface area contributed by atoms with E-state index in [1.807, 2.05) is 6.07 Å². The Morgan fingerprint density at radius 2 is 2.15 bits per heavy atom. The number of hydrogen-bond acceptors (Lipinski definition) is 5. The van der Waals surface area contributed by atoms with Crippen molar-refractivity contribution in [2.24, 2.45) is 5.92 Å². The van der Waals surface area contributed by atoms with E-state index < -0.39 is 0 Å². The van der Waals surface area contributed by atoms with Crippen molar-refractivity contribution in [3.05, 3.63) is 29.8 Å². The smallest absolute Gasteiger partial charge is 0.324 e. The average molecular weight is 392 g/mol. The Morgan fingerprint density at radius 1 is 1.30 bits per heavy atom. The molecule has 1 saturated carbocycles. The van der Waals surface area contributed by atoms with Gasteiger partial charge in [-0.2, -0.15) is 0 Å². The first-order valence-corrected chi connectivity index (χ1v) is 10.8. The van der Waals surface area contributed by atoms with Gasteiger partial charge in [-0.3, -0.25) is 14.8 Å². The molecule has 1 heterocycles. The molecule has 27 heavy (non-hydrogen) atoms. The number of nitrogens with one attached hydrogen (secondary N) is 2. The molecule has 0 radical (unpaired) electrons. The summed E-state index contributed by atoms with van der Waals surface area (Å²) in [6.45, 7) is 3.86. The molecule has 0 spiro atoms. The van der Waals surface area contributed by atoms with Crippen LogP contribution in [0.3, 0.4) is 0 Å². The third-order valence-electron chi connectivity index (χ3n) is 4.84. The van der Waals surface area contributed by atoms with Gasteiger partial charge in [0.15, 0.2) is 0 Å². The third kappa shape index (κ3) is 6.74. The summed E-state index contributed by atoms with van der Waals surface area (Å²) < 4.78 is 9.35.